The van der Waals surface area contributed by atoms with Gasteiger partial charge in [0.2, 0.25) is 0 Å². The van der Waals surface area contributed by atoms with Crippen LogP contribution in [0, 0.1) is 6.92 Å². The highest BCUT2D eigenvalue weighted by atomic mass is 35.5. The molecule has 1 rings (SSSR count). The first-order chi connectivity index (χ1) is 7.97. The number of rotatable bonds is 4. The molecule has 0 aliphatic carbocycles. The fourth-order valence-electron chi connectivity index (χ4n) is 1.24. The number of hydrogen-bond acceptors (Lipinski definition) is 3. The van der Waals surface area contributed by atoms with Crippen LogP contribution in [0.2, 0.25) is 5.02 Å². The summed E-state index contributed by atoms with van der Waals surface area (Å²) in [5.41, 5.74) is 0.904. The van der Waals surface area contributed by atoms with Crippen LogP contribution in [0.3, 0.4) is 0 Å². The van der Waals surface area contributed by atoms with Crippen molar-refractivity contribution < 1.29 is 19.8 Å². The molecule has 0 bridgehead atoms. The van der Waals surface area contributed by atoms with E-state index < -0.39 is 24.5 Å². The van der Waals surface area contributed by atoms with Gasteiger partial charge in [-0.25, -0.2) is 4.79 Å². The number of nitrogens with one attached hydrogen (secondary N) is 1. The molecule has 0 aromatic heterocycles. The van der Waals surface area contributed by atoms with Gasteiger partial charge in [0.25, 0.3) is 5.91 Å². The molecule has 0 saturated carbocycles. The molecular weight excluding hydrogens is 246 g/mol. The average molecular weight is 258 g/mol. The summed E-state index contributed by atoms with van der Waals surface area (Å²) in [6.45, 7) is 1.06. The number of carboxylic acid groups (broad SMARTS) is 1. The van der Waals surface area contributed by atoms with E-state index in [9.17, 15) is 9.59 Å². The quantitative estimate of drug-likeness (QED) is 0.745. The van der Waals surface area contributed by atoms with Gasteiger partial charge in [0.1, 0.15) is 0 Å². The summed E-state index contributed by atoms with van der Waals surface area (Å²) in [6.07, 6.45) is 0. The minimum absolute atomic E-state index is 0.186. The first-order valence-electron chi connectivity index (χ1n) is 4.87. The standard InChI is InChI=1S/C11H12ClNO4/c1-6-3-2-4-7(9(6)12)10(15)13-8(5-14)11(16)17/h2-4,8,14H,5H2,1H3,(H,13,15)(H,16,17)/t8-/m1/s1. The Morgan fingerprint density at radius 1 is 1.47 bits per heavy atom. The Morgan fingerprint density at radius 3 is 2.65 bits per heavy atom. The maximum Gasteiger partial charge on any atom is 0.328 e. The fourth-order valence-corrected chi connectivity index (χ4v) is 1.46. The molecule has 3 N–H and O–H groups in total. The van der Waals surface area contributed by atoms with Crippen LogP contribution in [0.25, 0.3) is 0 Å². The molecule has 0 fully saturated rings. The SMILES string of the molecule is Cc1cccc(C(=O)N[C@H](CO)C(=O)O)c1Cl. The molecule has 92 valence electrons. The predicted molar refractivity (Wildman–Crippen MR) is 62.2 cm³/mol. The van der Waals surface area contributed by atoms with Gasteiger partial charge < -0.3 is 15.5 Å². The Labute approximate surface area is 103 Å². The first-order valence-corrected chi connectivity index (χ1v) is 5.24. The molecule has 1 aromatic rings. The number of carboxylic acids is 1. The van der Waals surface area contributed by atoms with Gasteiger partial charge >= 0.3 is 5.97 Å². The van der Waals surface area contributed by atoms with E-state index in [1.54, 1.807) is 19.1 Å². The number of amides is 1. The number of halogens is 1. The molecule has 0 aliphatic heterocycles. The van der Waals surface area contributed by atoms with Gasteiger partial charge in [0.05, 0.1) is 17.2 Å². The van der Waals surface area contributed by atoms with Crippen LogP contribution in [-0.2, 0) is 4.79 Å². The van der Waals surface area contributed by atoms with Crippen molar-refractivity contribution in [1.82, 2.24) is 5.32 Å². The summed E-state index contributed by atoms with van der Waals surface area (Å²) in [7, 11) is 0. The molecule has 0 aliphatic rings. The molecule has 1 amide bonds. The van der Waals surface area contributed by atoms with Crippen molar-refractivity contribution in [3.05, 3.63) is 34.3 Å². The molecule has 1 atom stereocenters. The van der Waals surface area contributed by atoms with E-state index in [0.29, 0.717) is 0 Å². The highest BCUT2D eigenvalue weighted by molar-refractivity contribution is 6.34. The van der Waals surface area contributed by atoms with E-state index in [0.717, 1.165) is 5.56 Å². The van der Waals surface area contributed by atoms with E-state index in [1.165, 1.54) is 6.07 Å². The van der Waals surface area contributed by atoms with Gasteiger partial charge in [-0.15, -0.1) is 0 Å². The van der Waals surface area contributed by atoms with Crippen LogP contribution in [0.4, 0.5) is 0 Å². The second-order valence-electron chi connectivity index (χ2n) is 3.48. The summed E-state index contributed by atoms with van der Waals surface area (Å²) in [6, 6.07) is 3.53. The molecule has 1 aromatic carbocycles. The molecule has 0 spiro atoms. The van der Waals surface area contributed by atoms with E-state index in [4.69, 9.17) is 21.8 Å². The van der Waals surface area contributed by atoms with Crippen LogP contribution >= 0.6 is 11.6 Å². The number of hydrogen-bond donors (Lipinski definition) is 3. The molecule has 0 radical (unpaired) electrons. The van der Waals surface area contributed by atoms with Crippen molar-refractivity contribution in [2.24, 2.45) is 0 Å². The average Bonchev–Trinajstić information content (AvgIpc) is 2.28. The van der Waals surface area contributed by atoms with Gasteiger partial charge in [-0.3, -0.25) is 4.79 Å². The summed E-state index contributed by atoms with van der Waals surface area (Å²) < 4.78 is 0. The van der Waals surface area contributed by atoms with E-state index in [1.807, 2.05) is 0 Å². The lowest BCUT2D eigenvalue weighted by Gasteiger charge is -2.12. The minimum Gasteiger partial charge on any atom is -0.480 e. The number of aryl methyl sites for hydroxylation is 1. The van der Waals surface area contributed by atoms with E-state index >= 15 is 0 Å². The van der Waals surface area contributed by atoms with Crippen molar-refractivity contribution in [3.8, 4) is 0 Å². The first kappa shape index (κ1) is 13.5. The highest BCUT2D eigenvalue weighted by Crippen LogP contribution is 2.20. The number of aliphatic hydroxyl groups is 1. The van der Waals surface area contributed by atoms with Crippen molar-refractivity contribution in [1.29, 1.82) is 0 Å². The van der Waals surface area contributed by atoms with E-state index in [2.05, 4.69) is 5.32 Å². The maximum atomic E-state index is 11.7. The molecule has 6 heteroatoms. The Bertz CT molecular complexity index is 447. The van der Waals surface area contributed by atoms with Crippen LogP contribution in [0.15, 0.2) is 18.2 Å². The van der Waals surface area contributed by atoms with E-state index in [-0.39, 0.29) is 10.6 Å². The van der Waals surface area contributed by atoms with Gasteiger partial charge in [-0.05, 0) is 18.6 Å². The van der Waals surface area contributed by atoms with Crippen LogP contribution in [0.1, 0.15) is 15.9 Å². The number of carbonyl (C=O) groups excluding carboxylic acids is 1. The Morgan fingerprint density at radius 2 is 2.12 bits per heavy atom. The number of aliphatic hydroxyl groups excluding tert-OH is 1. The van der Waals surface area contributed by atoms with Gasteiger partial charge in [-0.2, -0.15) is 0 Å². The molecule has 0 saturated heterocycles. The third-order valence-corrected chi connectivity index (χ3v) is 2.72. The molecule has 0 heterocycles. The highest BCUT2D eigenvalue weighted by Gasteiger charge is 2.21. The van der Waals surface area contributed by atoms with Gasteiger partial charge in [0.15, 0.2) is 6.04 Å². The number of carbonyl (C=O) groups is 2. The summed E-state index contributed by atoms with van der Waals surface area (Å²) in [4.78, 5) is 22.4. The zero-order valence-electron chi connectivity index (χ0n) is 9.11. The van der Waals surface area contributed by atoms with Crippen molar-refractivity contribution in [2.75, 3.05) is 6.61 Å². The minimum atomic E-state index is -1.33. The predicted octanol–water partition coefficient (Wildman–Crippen LogP) is 0.824. The summed E-state index contributed by atoms with van der Waals surface area (Å²) in [5, 5.41) is 19.9. The Kier molecular flexibility index (Phi) is 4.48. The van der Waals surface area contributed by atoms with Crippen molar-refractivity contribution in [3.63, 3.8) is 0 Å². The van der Waals surface area contributed by atoms with Gasteiger partial charge in [-0.1, -0.05) is 23.7 Å². The number of aliphatic carboxylic acids is 1. The van der Waals surface area contributed by atoms with Crippen LogP contribution in [0.5, 0.6) is 0 Å². The smallest absolute Gasteiger partial charge is 0.328 e. The second kappa shape index (κ2) is 5.65. The fraction of sp³-hybridized carbons (Fsp3) is 0.273. The maximum absolute atomic E-state index is 11.7. The lowest BCUT2D eigenvalue weighted by molar-refractivity contribution is -0.140. The lowest BCUT2D eigenvalue weighted by Crippen LogP contribution is -2.43. The Balaban J connectivity index is 2.90. The van der Waals surface area contributed by atoms with Crippen LogP contribution in [-0.4, -0.2) is 34.7 Å². The molecule has 17 heavy (non-hydrogen) atoms. The topological polar surface area (TPSA) is 86.6 Å². The third-order valence-electron chi connectivity index (χ3n) is 2.22. The normalized spacial score (nSPS) is 11.9. The number of benzene rings is 1. The molecule has 0 unspecified atom stereocenters. The second-order valence-corrected chi connectivity index (χ2v) is 3.86. The lowest BCUT2D eigenvalue weighted by atomic mass is 10.1. The summed E-state index contributed by atoms with van der Waals surface area (Å²) >= 11 is 5.92. The van der Waals surface area contributed by atoms with Gasteiger partial charge in [0, 0.05) is 0 Å². The van der Waals surface area contributed by atoms with Crippen LogP contribution < -0.4 is 5.32 Å². The van der Waals surface area contributed by atoms with Crippen molar-refractivity contribution in [2.45, 2.75) is 13.0 Å². The molecular formula is C11H12ClNO4. The largest absolute Gasteiger partial charge is 0.480 e. The zero-order valence-corrected chi connectivity index (χ0v) is 9.86. The zero-order chi connectivity index (χ0) is 13.0. The monoisotopic (exact) mass is 257 g/mol. The molecule has 5 nitrogen and oxygen atoms in total. The Hall–Kier alpha value is -1.59. The summed E-state index contributed by atoms with van der Waals surface area (Å²) in [5.74, 6) is -1.93. The van der Waals surface area contributed by atoms with Crippen molar-refractivity contribution >= 4 is 23.5 Å². The third kappa shape index (κ3) is 3.18.